The minimum Gasteiger partial charge on any atom is -0.325 e. The quantitative estimate of drug-likeness (QED) is 0.745. The third-order valence-electron chi connectivity index (χ3n) is 3.59. The van der Waals surface area contributed by atoms with E-state index < -0.39 is 39.1 Å². The van der Waals surface area contributed by atoms with E-state index in [1.54, 1.807) is 18.2 Å². The van der Waals surface area contributed by atoms with Gasteiger partial charge in [0.15, 0.2) is 0 Å². The normalized spacial score (nSPS) is 12.0. The molecule has 0 fully saturated rings. The second kappa shape index (κ2) is 8.28. The minimum atomic E-state index is -4.73. The van der Waals surface area contributed by atoms with Gasteiger partial charge >= 0.3 is 6.18 Å². The standard InChI is InChI=1S/C17H16ClF3N2O3S/c1-2-11-4-3-5-13(8-11)23-16(24)10-22-27(25,26)15-9-12(17(19,20)21)6-7-14(15)18/h3-9,22H,2,10H2,1H3,(H,23,24). The zero-order valence-electron chi connectivity index (χ0n) is 14.1. The van der Waals surface area contributed by atoms with Crippen LogP contribution in [-0.2, 0) is 27.4 Å². The third-order valence-corrected chi connectivity index (χ3v) is 5.47. The van der Waals surface area contributed by atoms with Gasteiger partial charge in [0, 0.05) is 5.69 Å². The number of amides is 1. The van der Waals surface area contributed by atoms with Gasteiger partial charge in [0.05, 0.1) is 17.1 Å². The Morgan fingerprint density at radius 2 is 1.85 bits per heavy atom. The van der Waals surface area contributed by atoms with Crippen molar-refractivity contribution in [2.24, 2.45) is 0 Å². The van der Waals surface area contributed by atoms with Crippen molar-refractivity contribution in [3.05, 3.63) is 58.6 Å². The molecular formula is C17H16ClF3N2O3S. The highest BCUT2D eigenvalue weighted by Gasteiger charge is 2.32. The van der Waals surface area contributed by atoms with E-state index in [0.717, 1.165) is 18.1 Å². The highest BCUT2D eigenvalue weighted by atomic mass is 35.5. The molecule has 0 aromatic heterocycles. The molecule has 5 nitrogen and oxygen atoms in total. The number of nitrogens with one attached hydrogen (secondary N) is 2. The number of carbonyl (C=O) groups excluding carboxylic acids is 1. The van der Waals surface area contributed by atoms with Crippen LogP contribution in [0.4, 0.5) is 18.9 Å². The summed E-state index contributed by atoms with van der Waals surface area (Å²) in [6.45, 7) is 1.28. The summed E-state index contributed by atoms with van der Waals surface area (Å²) < 4.78 is 64.8. The molecule has 10 heteroatoms. The van der Waals surface area contributed by atoms with Crippen molar-refractivity contribution in [2.45, 2.75) is 24.4 Å². The number of hydrogen-bond donors (Lipinski definition) is 2. The Balaban J connectivity index is 2.11. The largest absolute Gasteiger partial charge is 0.416 e. The van der Waals surface area contributed by atoms with Crippen LogP contribution in [0.1, 0.15) is 18.1 Å². The molecule has 2 aromatic carbocycles. The van der Waals surface area contributed by atoms with Gasteiger partial charge in [0.2, 0.25) is 15.9 Å². The molecule has 0 saturated carbocycles. The summed E-state index contributed by atoms with van der Waals surface area (Å²) in [5.41, 5.74) is 0.299. The first-order valence-corrected chi connectivity index (χ1v) is 9.64. The predicted molar refractivity (Wildman–Crippen MR) is 96.1 cm³/mol. The number of sulfonamides is 1. The molecule has 0 bridgehead atoms. The lowest BCUT2D eigenvalue weighted by Crippen LogP contribution is -2.33. The maximum atomic E-state index is 12.8. The van der Waals surface area contributed by atoms with Crippen molar-refractivity contribution in [3.8, 4) is 0 Å². The number of alkyl halides is 3. The van der Waals surface area contributed by atoms with Gasteiger partial charge in [-0.25, -0.2) is 13.1 Å². The summed E-state index contributed by atoms with van der Waals surface area (Å²) in [6, 6.07) is 8.91. The lowest BCUT2D eigenvalue weighted by molar-refractivity contribution is -0.137. The predicted octanol–water partition coefficient (Wildman–Crippen LogP) is 3.84. The Morgan fingerprint density at radius 1 is 1.15 bits per heavy atom. The average Bonchev–Trinajstić information content (AvgIpc) is 2.59. The highest BCUT2D eigenvalue weighted by Crippen LogP contribution is 2.33. The van der Waals surface area contributed by atoms with Crippen molar-refractivity contribution in [1.82, 2.24) is 4.72 Å². The molecule has 0 atom stereocenters. The molecule has 0 aliphatic rings. The summed E-state index contributed by atoms with van der Waals surface area (Å²) in [5.74, 6) is -0.671. The molecule has 2 N–H and O–H groups in total. The Hall–Kier alpha value is -2.10. The van der Waals surface area contributed by atoms with E-state index in [9.17, 15) is 26.4 Å². The zero-order chi connectivity index (χ0) is 20.2. The number of rotatable bonds is 6. The number of carbonyl (C=O) groups is 1. The molecule has 0 unspecified atom stereocenters. The fraction of sp³-hybridized carbons (Fsp3) is 0.235. The van der Waals surface area contributed by atoms with E-state index in [1.807, 2.05) is 17.7 Å². The second-order valence-corrected chi connectivity index (χ2v) is 7.71. The van der Waals surface area contributed by atoms with Crippen molar-refractivity contribution < 1.29 is 26.4 Å². The molecule has 0 radical (unpaired) electrons. The van der Waals surface area contributed by atoms with Gasteiger partial charge in [-0.15, -0.1) is 0 Å². The van der Waals surface area contributed by atoms with Crippen LogP contribution in [0.3, 0.4) is 0 Å². The highest BCUT2D eigenvalue weighted by molar-refractivity contribution is 7.89. The molecular weight excluding hydrogens is 405 g/mol. The molecule has 27 heavy (non-hydrogen) atoms. The van der Waals surface area contributed by atoms with Gasteiger partial charge in [0.25, 0.3) is 0 Å². The molecule has 2 rings (SSSR count). The lowest BCUT2D eigenvalue weighted by Gasteiger charge is -2.12. The van der Waals surface area contributed by atoms with Gasteiger partial charge in [-0.2, -0.15) is 13.2 Å². The molecule has 0 aliphatic carbocycles. The fourth-order valence-corrected chi connectivity index (χ4v) is 3.70. The van der Waals surface area contributed by atoms with E-state index >= 15 is 0 Å². The third kappa shape index (κ3) is 5.69. The maximum absolute atomic E-state index is 12.8. The summed E-state index contributed by atoms with van der Waals surface area (Å²) >= 11 is 5.72. The van der Waals surface area contributed by atoms with Crippen LogP contribution >= 0.6 is 11.6 Å². The Morgan fingerprint density at radius 3 is 2.48 bits per heavy atom. The van der Waals surface area contributed by atoms with E-state index in [1.165, 1.54) is 0 Å². The summed E-state index contributed by atoms with van der Waals surface area (Å²) in [7, 11) is -4.42. The topological polar surface area (TPSA) is 75.3 Å². The van der Waals surface area contributed by atoms with Crippen molar-refractivity contribution >= 4 is 33.2 Å². The maximum Gasteiger partial charge on any atom is 0.416 e. The van der Waals surface area contributed by atoms with Gasteiger partial charge < -0.3 is 5.32 Å². The van der Waals surface area contributed by atoms with Crippen LogP contribution in [0.2, 0.25) is 5.02 Å². The van der Waals surface area contributed by atoms with Crippen molar-refractivity contribution in [1.29, 1.82) is 0 Å². The number of benzene rings is 2. The van der Waals surface area contributed by atoms with E-state index in [2.05, 4.69) is 5.32 Å². The van der Waals surface area contributed by atoms with Gasteiger partial charge in [-0.1, -0.05) is 30.7 Å². The zero-order valence-corrected chi connectivity index (χ0v) is 15.7. The summed E-state index contributed by atoms with van der Waals surface area (Å²) in [5, 5.41) is 2.13. The average molecular weight is 421 g/mol. The first-order chi connectivity index (χ1) is 12.5. The van der Waals surface area contributed by atoms with Crippen LogP contribution in [0.25, 0.3) is 0 Å². The number of hydrogen-bond acceptors (Lipinski definition) is 3. The Kier molecular flexibility index (Phi) is 6.50. The van der Waals surface area contributed by atoms with E-state index in [4.69, 9.17) is 11.6 Å². The van der Waals surface area contributed by atoms with Gasteiger partial charge in [-0.3, -0.25) is 4.79 Å². The van der Waals surface area contributed by atoms with E-state index in [-0.39, 0.29) is 5.02 Å². The van der Waals surface area contributed by atoms with Crippen molar-refractivity contribution in [2.75, 3.05) is 11.9 Å². The lowest BCUT2D eigenvalue weighted by atomic mass is 10.1. The SMILES string of the molecule is CCc1cccc(NC(=O)CNS(=O)(=O)c2cc(C(F)(F)F)ccc2Cl)c1. The van der Waals surface area contributed by atoms with Gasteiger partial charge in [0.1, 0.15) is 4.90 Å². The second-order valence-electron chi connectivity index (χ2n) is 5.57. The molecule has 0 aliphatic heterocycles. The Labute approximate surface area is 159 Å². The van der Waals surface area contributed by atoms with Crippen LogP contribution in [-0.4, -0.2) is 20.9 Å². The Bertz CT molecular complexity index is 947. The fourth-order valence-electron chi connectivity index (χ4n) is 2.20. The minimum absolute atomic E-state index is 0.383. The summed E-state index contributed by atoms with van der Waals surface area (Å²) in [4.78, 5) is 11.2. The molecule has 0 saturated heterocycles. The molecule has 0 spiro atoms. The first kappa shape index (κ1) is 21.2. The van der Waals surface area contributed by atoms with Crippen molar-refractivity contribution in [3.63, 3.8) is 0 Å². The van der Waals surface area contributed by atoms with Gasteiger partial charge in [-0.05, 0) is 42.3 Å². The smallest absolute Gasteiger partial charge is 0.325 e. The summed E-state index contributed by atoms with van der Waals surface area (Å²) in [6.07, 6.45) is -3.97. The van der Waals surface area contributed by atoms with Crippen LogP contribution in [0.5, 0.6) is 0 Å². The number of halogens is 4. The number of aryl methyl sites for hydroxylation is 1. The first-order valence-electron chi connectivity index (χ1n) is 7.78. The van der Waals surface area contributed by atoms with Crippen LogP contribution in [0.15, 0.2) is 47.4 Å². The molecule has 1 amide bonds. The monoisotopic (exact) mass is 420 g/mol. The van der Waals surface area contributed by atoms with Crippen LogP contribution < -0.4 is 10.0 Å². The molecule has 2 aromatic rings. The molecule has 146 valence electrons. The van der Waals surface area contributed by atoms with E-state index in [0.29, 0.717) is 17.8 Å². The van der Waals surface area contributed by atoms with Crippen LogP contribution in [0, 0.1) is 0 Å². The molecule has 0 heterocycles. The number of anilines is 1.